The maximum Gasteiger partial charge on any atom is 0.331 e. The summed E-state index contributed by atoms with van der Waals surface area (Å²) in [6, 6.07) is 5.65. The van der Waals surface area contributed by atoms with Crippen molar-refractivity contribution in [3.8, 4) is 11.8 Å². The van der Waals surface area contributed by atoms with Crippen LogP contribution in [-0.4, -0.2) is 91.1 Å². The molecule has 1 aromatic rings. The van der Waals surface area contributed by atoms with Gasteiger partial charge in [0.1, 0.15) is 23.6 Å². The SMILES string of the molecule is CN[C@@H]1Cc2c(cccc2CO)C#CCC[C@]23CC[C@H]4[C@@](O)([C@H](O)[C@@H]5C[C@@H]6[C@H](C=CC[C@@H]6C6CCCC6)C[C@@H]6[C@@H](O)C7(CCCC7)C[C@@]4(C=O)[C@@]65O)[C@@]2(O)C[C@@H]2C[C@H]1[C@H]1OC(=O)C=C1[C@@H]23. The second-order valence-electron chi connectivity index (χ2n) is 23.8. The monoisotopic (exact) mass is 890 g/mol. The predicted molar refractivity (Wildman–Crippen MR) is 241 cm³/mol. The lowest BCUT2D eigenvalue weighted by molar-refractivity contribution is -0.383. The average molecular weight is 890 g/mol. The number of aliphatic hydroxyl groups excluding tert-OH is 3. The van der Waals surface area contributed by atoms with Gasteiger partial charge >= 0.3 is 5.97 Å². The van der Waals surface area contributed by atoms with E-state index in [1.54, 1.807) is 6.08 Å². The van der Waals surface area contributed by atoms with E-state index >= 15 is 0 Å². The third-order valence-corrected chi connectivity index (χ3v) is 22.1. The lowest BCUT2D eigenvalue weighted by Crippen LogP contribution is -2.86. The van der Waals surface area contributed by atoms with E-state index in [0.717, 1.165) is 73.5 Å². The Balaban J connectivity index is 1.05. The van der Waals surface area contributed by atoms with E-state index < -0.39 is 75.1 Å². The zero-order chi connectivity index (χ0) is 44.9. The molecular weight excluding hydrogens is 819 g/mol. The topological polar surface area (TPSA) is 177 Å². The molecule has 350 valence electrons. The van der Waals surface area contributed by atoms with E-state index in [-0.39, 0.29) is 61.5 Å². The van der Waals surface area contributed by atoms with E-state index in [0.29, 0.717) is 56.8 Å². The summed E-state index contributed by atoms with van der Waals surface area (Å²) in [5, 5.41) is 83.8. The summed E-state index contributed by atoms with van der Waals surface area (Å²) in [5.41, 5.74) is -5.69. The number of rotatable bonds is 4. The molecule has 8 fully saturated rings. The number of carbonyl (C=O) groups excluding carboxylic acids is 2. The van der Waals surface area contributed by atoms with Gasteiger partial charge in [0, 0.05) is 53.2 Å². The van der Waals surface area contributed by atoms with Gasteiger partial charge < -0.3 is 45.5 Å². The minimum atomic E-state index is -2.20. The van der Waals surface area contributed by atoms with Gasteiger partial charge in [-0.3, -0.25) is 0 Å². The minimum absolute atomic E-state index is 0.0569. The smallest absolute Gasteiger partial charge is 0.331 e. The first-order valence-electron chi connectivity index (χ1n) is 25.8. The Kier molecular flexibility index (Phi) is 10.1. The summed E-state index contributed by atoms with van der Waals surface area (Å²) in [6.07, 6.45) is 17.1. The predicted octanol–water partition coefficient (Wildman–Crippen LogP) is 5.46. The molecule has 13 rings (SSSR count). The number of benzene rings is 1. The molecule has 0 aromatic heterocycles. The molecule has 4 bridgehead atoms. The van der Waals surface area contributed by atoms with E-state index in [1.165, 1.54) is 12.8 Å². The van der Waals surface area contributed by atoms with Gasteiger partial charge in [-0.2, -0.15) is 0 Å². The minimum Gasteiger partial charge on any atom is -0.454 e. The van der Waals surface area contributed by atoms with E-state index in [9.17, 15) is 40.2 Å². The summed E-state index contributed by atoms with van der Waals surface area (Å²) in [6.45, 7) is -0.128. The van der Waals surface area contributed by atoms with E-state index in [2.05, 4.69) is 29.3 Å². The van der Waals surface area contributed by atoms with Crippen LogP contribution < -0.4 is 5.32 Å². The number of aliphatic hydroxyl groups is 6. The van der Waals surface area contributed by atoms with Crippen molar-refractivity contribution in [1.29, 1.82) is 0 Å². The first-order chi connectivity index (χ1) is 31.3. The Hall–Kier alpha value is -2.88. The molecule has 0 unspecified atom stereocenters. The number of nitrogens with one attached hydrogen (secondary N) is 1. The first kappa shape index (κ1) is 43.4. The standard InChI is InChI=1S/C55H71NO9/c1-56-43-25-37-32(13-8-15-34(37)28-57)12-4-5-20-51-21-17-44-52(30-58)29-50(18-6-7-19-50)48(60)41-23-33-14-9-16-36(31-10-2-3-11-31)38(33)24-42(54(41,52)63)49(61)55(44,64)53(51,62)27-35-22-39(43)47-40(46(35)51)26-45(59)65-47/h8-9,13-15,26,30-31,33,35-36,38-39,41-44,46-49,56-57,60-64H,2-3,5-7,10-11,16-25,27-29H2,1H3/t33-,35+,36-,38-,39-,41-,42+,43-,44-,46-,47-,48-,49-,51-,52+,53-,54-,55-/m1/s1. The molecule has 11 aliphatic carbocycles. The fourth-order valence-corrected chi connectivity index (χ4v) is 19.8. The molecule has 65 heavy (non-hydrogen) atoms. The molecule has 12 aliphatic rings. The van der Waals surface area contributed by atoms with Crippen LogP contribution in [0.5, 0.6) is 0 Å². The normalized spacial score (nSPS) is 50.1. The van der Waals surface area contributed by atoms with Crippen LogP contribution in [0, 0.1) is 87.3 Å². The number of carbonyl (C=O) groups is 2. The summed E-state index contributed by atoms with van der Waals surface area (Å²) in [5.74, 6) is 4.15. The molecule has 1 heterocycles. The summed E-state index contributed by atoms with van der Waals surface area (Å²) in [4.78, 5) is 28.4. The zero-order valence-corrected chi connectivity index (χ0v) is 38.2. The molecule has 18 atom stereocenters. The fraction of sp³-hybridized carbons (Fsp3) is 0.745. The molecule has 1 aliphatic heterocycles. The first-order valence-corrected chi connectivity index (χ1v) is 25.8. The quantitative estimate of drug-likeness (QED) is 0.0890. The van der Waals surface area contributed by atoms with E-state index in [4.69, 9.17) is 4.74 Å². The third kappa shape index (κ3) is 5.44. The number of aldehydes is 1. The van der Waals surface area contributed by atoms with Crippen LogP contribution in [0.3, 0.4) is 0 Å². The zero-order valence-electron chi connectivity index (χ0n) is 38.2. The van der Waals surface area contributed by atoms with Crippen molar-refractivity contribution in [2.45, 2.75) is 170 Å². The van der Waals surface area contributed by atoms with Crippen LogP contribution in [-0.2, 0) is 27.4 Å². The molecule has 10 heteroatoms. The lowest BCUT2D eigenvalue weighted by Gasteiger charge is -2.74. The van der Waals surface area contributed by atoms with Gasteiger partial charge in [-0.1, -0.05) is 74.7 Å². The highest BCUT2D eigenvalue weighted by Gasteiger charge is 2.86. The summed E-state index contributed by atoms with van der Waals surface area (Å²) in [7, 11) is 1.92. The third-order valence-electron chi connectivity index (χ3n) is 22.1. The van der Waals surface area contributed by atoms with Gasteiger partial charge in [-0.25, -0.2) is 4.79 Å². The molecule has 8 saturated carbocycles. The number of hydrogen-bond acceptors (Lipinski definition) is 10. The van der Waals surface area contributed by atoms with Gasteiger partial charge in [0.05, 0.1) is 29.8 Å². The summed E-state index contributed by atoms with van der Waals surface area (Å²) < 4.78 is 6.29. The number of likely N-dealkylation sites (N-methyl/N-ethyl adjacent to an activating group) is 1. The molecule has 0 saturated heterocycles. The van der Waals surface area contributed by atoms with Crippen molar-refractivity contribution < 1.29 is 45.0 Å². The highest BCUT2D eigenvalue weighted by molar-refractivity contribution is 5.86. The van der Waals surface area contributed by atoms with E-state index in [1.807, 2.05) is 25.2 Å². The van der Waals surface area contributed by atoms with Crippen LogP contribution in [0.2, 0.25) is 0 Å². The Bertz CT molecular complexity index is 2250. The molecule has 0 radical (unpaired) electrons. The Labute approximate surface area is 384 Å². The van der Waals surface area contributed by atoms with Gasteiger partial charge in [-0.05, 0) is 148 Å². The van der Waals surface area contributed by atoms with Crippen LogP contribution in [0.4, 0.5) is 0 Å². The highest BCUT2D eigenvalue weighted by Crippen LogP contribution is 2.79. The molecular formula is C55H71NO9. The highest BCUT2D eigenvalue weighted by atomic mass is 16.5. The van der Waals surface area contributed by atoms with Crippen LogP contribution in [0.1, 0.15) is 132 Å². The second kappa shape index (κ2) is 15.1. The summed E-state index contributed by atoms with van der Waals surface area (Å²) >= 11 is 0. The van der Waals surface area contributed by atoms with Crippen molar-refractivity contribution in [3.05, 3.63) is 58.7 Å². The number of hydrogen-bond donors (Lipinski definition) is 7. The molecule has 10 nitrogen and oxygen atoms in total. The van der Waals surface area contributed by atoms with Crippen LogP contribution in [0.25, 0.3) is 0 Å². The van der Waals surface area contributed by atoms with Crippen molar-refractivity contribution >= 4 is 12.3 Å². The number of allylic oxidation sites excluding steroid dienone is 2. The molecule has 2 spiro atoms. The molecule has 0 amide bonds. The van der Waals surface area contributed by atoms with Crippen molar-refractivity contribution in [2.75, 3.05) is 7.05 Å². The maximum absolute atomic E-state index is 14.8. The number of esters is 1. The van der Waals surface area contributed by atoms with Crippen molar-refractivity contribution in [1.82, 2.24) is 5.32 Å². The number of fused-ring (bicyclic) bond motifs is 7. The lowest BCUT2D eigenvalue weighted by atomic mass is 9.33. The Morgan fingerprint density at radius 1 is 0.892 bits per heavy atom. The van der Waals surface area contributed by atoms with Crippen molar-refractivity contribution in [3.63, 3.8) is 0 Å². The Morgan fingerprint density at radius 3 is 2.43 bits per heavy atom. The van der Waals surface area contributed by atoms with Crippen molar-refractivity contribution in [2.24, 2.45) is 75.4 Å². The van der Waals surface area contributed by atoms with Gasteiger partial charge in [0.15, 0.2) is 0 Å². The van der Waals surface area contributed by atoms with Crippen LogP contribution in [0.15, 0.2) is 42.0 Å². The fourth-order valence-electron chi connectivity index (χ4n) is 19.8. The Morgan fingerprint density at radius 2 is 1.68 bits per heavy atom. The van der Waals surface area contributed by atoms with Gasteiger partial charge in [-0.15, -0.1) is 0 Å². The largest absolute Gasteiger partial charge is 0.454 e. The van der Waals surface area contributed by atoms with Gasteiger partial charge in [0.25, 0.3) is 0 Å². The number of ether oxygens (including phenoxy) is 1. The van der Waals surface area contributed by atoms with Gasteiger partial charge in [0.2, 0.25) is 0 Å². The second-order valence-corrected chi connectivity index (χ2v) is 23.8. The van der Waals surface area contributed by atoms with Crippen LogP contribution >= 0.6 is 0 Å². The average Bonchev–Trinajstić information content (AvgIpc) is 4.12. The maximum atomic E-state index is 14.8. The molecule has 1 aromatic carbocycles. The molecule has 7 N–H and O–H groups in total.